The summed E-state index contributed by atoms with van der Waals surface area (Å²) in [4.78, 5) is 69.1. The van der Waals surface area contributed by atoms with Crippen molar-refractivity contribution in [3.8, 4) is 12.3 Å². The fourth-order valence-corrected chi connectivity index (χ4v) is 8.08. The Morgan fingerprint density at radius 1 is 1.06 bits per heavy atom. The molecule has 1 aliphatic carbocycles. The highest BCUT2D eigenvalue weighted by molar-refractivity contribution is 7.86. The van der Waals surface area contributed by atoms with E-state index in [1.807, 2.05) is 66.7 Å². The molecule has 3 fully saturated rings. The van der Waals surface area contributed by atoms with Crippen molar-refractivity contribution in [2.75, 3.05) is 39.8 Å². The number of nitrogens with one attached hydrogen (secondary N) is 4. The molecule has 0 aromatic carbocycles. The summed E-state index contributed by atoms with van der Waals surface area (Å²) in [5.74, 6) is -0.305. The van der Waals surface area contributed by atoms with Crippen LogP contribution in [0.2, 0.25) is 0 Å². The zero-order valence-electron chi connectivity index (χ0n) is 30.7. The molecule has 3 aliphatic rings. The summed E-state index contributed by atoms with van der Waals surface area (Å²) in [6, 6.07) is -4.01. The number of fused-ring (bicyclic) bond motifs is 1. The molecule has 4 N–H and O–H groups in total. The van der Waals surface area contributed by atoms with E-state index in [1.165, 1.54) is 11.0 Å². The van der Waals surface area contributed by atoms with E-state index in [0.29, 0.717) is 19.6 Å². The molecule has 274 valence electrons. The normalized spacial score (nSPS) is 25.5. The number of Topliss-reactive ketones (excluding diaryl/α,β-unsaturated/α-hetero) is 1. The molecular weight excluding hydrogens is 646 g/mol. The van der Waals surface area contributed by atoms with Gasteiger partial charge >= 0.3 is 6.03 Å². The Kier molecular flexibility index (Phi) is 13.0. The van der Waals surface area contributed by atoms with Gasteiger partial charge in [-0.05, 0) is 40.9 Å². The van der Waals surface area contributed by atoms with Crippen molar-refractivity contribution in [2.45, 2.75) is 98.8 Å². The molecule has 2 aliphatic heterocycles. The summed E-state index contributed by atoms with van der Waals surface area (Å²) in [7, 11) is 1.81. The Morgan fingerprint density at radius 2 is 1.71 bits per heavy atom. The maximum absolute atomic E-state index is 14.4. The van der Waals surface area contributed by atoms with Crippen LogP contribution >= 0.6 is 0 Å². The third-order valence-corrected chi connectivity index (χ3v) is 11.6. The second kappa shape index (κ2) is 15.8. The minimum absolute atomic E-state index is 0.0474. The topological polar surface area (TPSA) is 166 Å². The predicted octanol–water partition coefficient (Wildman–Crippen LogP) is 1.58. The smallest absolute Gasteiger partial charge is 0.315 e. The number of hydrogen-bond donors (Lipinski definition) is 4. The Labute approximate surface area is 295 Å². The van der Waals surface area contributed by atoms with Crippen molar-refractivity contribution in [2.24, 2.45) is 28.1 Å². The van der Waals surface area contributed by atoms with Gasteiger partial charge in [-0.15, -0.1) is 27.5 Å². The monoisotopic (exact) mass is 703 g/mol. The number of amides is 5. The lowest BCUT2D eigenvalue weighted by Gasteiger charge is -2.40. The maximum Gasteiger partial charge on any atom is 0.315 e. The first-order valence-corrected chi connectivity index (χ1v) is 18.2. The van der Waals surface area contributed by atoms with Crippen LogP contribution in [0.3, 0.4) is 0 Å². The molecule has 3 unspecified atom stereocenters. The third kappa shape index (κ3) is 9.57. The molecule has 2 heterocycles. The Hall–Kier alpha value is -3.12. The molecule has 0 bridgehead atoms. The SMILES string of the molecule is C#CCCC(NC(=O)[C@@H]1C2[C@H](CN1C(=O)[C@@H](NC(=O)N[C@H](CN1CCCN(C)[S+]1[O-])C(C)(C)C)C(C)(C)C)C2(C)C)C(=O)C(=O)NCC=C. The van der Waals surface area contributed by atoms with Crippen molar-refractivity contribution in [1.29, 1.82) is 0 Å². The summed E-state index contributed by atoms with van der Waals surface area (Å²) in [5, 5.41) is 11.1. The van der Waals surface area contributed by atoms with Crippen molar-refractivity contribution < 1.29 is 28.5 Å². The predicted molar refractivity (Wildman–Crippen MR) is 190 cm³/mol. The largest absolute Gasteiger partial charge is 0.578 e. The van der Waals surface area contributed by atoms with E-state index >= 15 is 0 Å². The van der Waals surface area contributed by atoms with Gasteiger partial charge in [-0.25, -0.2) is 4.79 Å². The minimum atomic E-state index is -1.32. The molecule has 0 spiro atoms. The highest BCUT2D eigenvalue weighted by atomic mass is 32.2. The Morgan fingerprint density at radius 3 is 2.29 bits per heavy atom. The van der Waals surface area contributed by atoms with E-state index in [2.05, 4.69) is 33.8 Å². The lowest BCUT2D eigenvalue weighted by atomic mass is 9.85. The lowest BCUT2D eigenvalue weighted by Crippen LogP contribution is -2.63. The summed E-state index contributed by atoms with van der Waals surface area (Å²) >= 11 is -1.32. The van der Waals surface area contributed by atoms with E-state index < -0.39 is 70.7 Å². The molecule has 5 amide bonds. The number of piperidine rings is 1. The molecule has 0 radical (unpaired) electrons. The molecule has 7 atom stereocenters. The van der Waals surface area contributed by atoms with Crippen LogP contribution in [0.1, 0.15) is 74.7 Å². The quantitative estimate of drug-likeness (QED) is 0.0972. The molecule has 0 aromatic heterocycles. The van der Waals surface area contributed by atoms with Crippen LogP contribution in [0.5, 0.6) is 0 Å². The van der Waals surface area contributed by atoms with Crippen LogP contribution in [0.4, 0.5) is 4.79 Å². The number of rotatable bonds is 13. The van der Waals surface area contributed by atoms with Gasteiger partial charge in [0.25, 0.3) is 5.91 Å². The van der Waals surface area contributed by atoms with E-state index in [-0.39, 0.29) is 42.1 Å². The summed E-state index contributed by atoms with van der Waals surface area (Å²) in [6.07, 6.45) is 7.95. The Bertz CT molecular complexity index is 1320. The summed E-state index contributed by atoms with van der Waals surface area (Å²) < 4.78 is 16.5. The minimum Gasteiger partial charge on any atom is -0.578 e. The first-order chi connectivity index (χ1) is 22.7. The van der Waals surface area contributed by atoms with Crippen molar-refractivity contribution >= 4 is 41.1 Å². The first kappa shape index (κ1) is 40.3. The molecule has 13 nitrogen and oxygen atoms in total. The van der Waals surface area contributed by atoms with Gasteiger partial charge in [0.15, 0.2) is 0 Å². The van der Waals surface area contributed by atoms with Crippen LogP contribution in [0.25, 0.3) is 0 Å². The van der Waals surface area contributed by atoms with Gasteiger partial charge in [-0.2, -0.15) is 0 Å². The van der Waals surface area contributed by atoms with E-state index in [9.17, 15) is 28.5 Å². The fourth-order valence-electron chi connectivity index (χ4n) is 6.84. The molecular formula is C35H57N7O6S. The van der Waals surface area contributed by atoms with Crippen LogP contribution in [0.15, 0.2) is 12.7 Å². The number of hydrogen-bond acceptors (Lipinski definition) is 8. The second-order valence-electron chi connectivity index (χ2n) is 16.2. The van der Waals surface area contributed by atoms with E-state index in [1.54, 1.807) is 4.31 Å². The number of ketones is 1. The number of urea groups is 1. The standard InChI is InChI=1S/C35H57N7O6S/c1-12-14-16-23(27(43)30(45)36-17-13-2)37-29(44)26-25-22(35(25,9)10)20-42(26)31(46)28(34(6,7)8)39-32(47)38-24(33(3,4)5)21-41-19-15-18-40(11)49(41)48/h1,13,22-26,28H,2,14-21H2,3-11H3,(H,36,45)(H,37,44)(H2,38,39,47)/t22-,23?,24+,25?,26-,28+,49?/m0/s1. The lowest BCUT2D eigenvalue weighted by molar-refractivity contribution is -0.145. The average Bonchev–Trinajstić information content (AvgIpc) is 3.32. The van der Waals surface area contributed by atoms with Gasteiger partial charge in [-0.3, -0.25) is 19.2 Å². The maximum atomic E-state index is 14.4. The number of carbonyl (C=O) groups is 5. The molecule has 2 saturated heterocycles. The molecule has 49 heavy (non-hydrogen) atoms. The number of terminal acetylenes is 1. The zero-order chi connectivity index (χ0) is 37.1. The van der Waals surface area contributed by atoms with Gasteiger partial charge in [-0.1, -0.05) is 61.5 Å². The summed E-state index contributed by atoms with van der Waals surface area (Å²) in [5.41, 5.74) is -1.34. The van der Waals surface area contributed by atoms with Crippen molar-refractivity contribution in [3.05, 3.63) is 12.7 Å². The second-order valence-corrected chi connectivity index (χ2v) is 17.8. The fraction of sp³-hybridized carbons (Fsp3) is 0.743. The highest BCUT2D eigenvalue weighted by Gasteiger charge is 2.70. The average molecular weight is 704 g/mol. The van der Waals surface area contributed by atoms with E-state index in [0.717, 1.165) is 13.0 Å². The van der Waals surface area contributed by atoms with Gasteiger partial charge in [0, 0.05) is 39.6 Å². The number of carbonyl (C=O) groups excluding carboxylic acids is 5. The van der Waals surface area contributed by atoms with Gasteiger partial charge < -0.3 is 30.7 Å². The first-order valence-electron chi connectivity index (χ1n) is 17.1. The number of likely N-dealkylation sites (tertiary alicyclic amines) is 1. The zero-order valence-corrected chi connectivity index (χ0v) is 31.5. The molecule has 0 aromatic rings. The molecule has 3 rings (SSSR count). The third-order valence-electron chi connectivity index (χ3n) is 10.1. The highest BCUT2D eigenvalue weighted by Crippen LogP contribution is 2.65. The van der Waals surface area contributed by atoms with Crippen LogP contribution in [-0.2, 0) is 30.7 Å². The van der Waals surface area contributed by atoms with Gasteiger partial charge in [0.1, 0.15) is 23.6 Å². The summed E-state index contributed by atoms with van der Waals surface area (Å²) in [6.45, 7) is 21.3. The molecule has 14 heteroatoms. The van der Waals surface area contributed by atoms with E-state index in [4.69, 9.17) is 6.42 Å². The van der Waals surface area contributed by atoms with Gasteiger partial charge in [0.2, 0.25) is 17.6 Å². The molecule has 1 saturated carbocycles. The van der Waals surface area contributed by atoms with Crippen LogP contribution < -0.4 is 21.3 Å². The number of nitrogens with zero attached hydrogens (tertiary/aromatic N) is 3. The van der Waals surface area contributed by atoms with Crippen LogP contribution in [-0.4, -0.2) is 112 Å². The van der Waals surface area contributed by atoms with Crippen molar-refractivity contribution in [3.63, 3.8) is 0 Å². The van der Waals surface area contributed by atoms with Gasteiger partial charge in [0.05, 0.1) is 18.6 Å². The van der Waals surface area contributed by atoms with Crippen molar-refractivity contribution in [1.82, 2.24) is 34.8 Å². The Balaban J connectivity index is 1.82. The van der Waals surface area contributed by atoms with Crippen LogP contribution in [0, 0.1) is 40.4 Å².